The first-order valence-corrected chi connectivity index (χ1v) is 11.1. The third-order valence-electron chi connectivity index (χ3n) is 6.97. The molecule has 3 aromatic rings. The van der Waals surface area contributed by atoms with Crippen LogP contribution in [-0.2, 0) is 5.54 Å². The van der Waals surface area contributed by atoms with E-state index in [0.29, 0.717) is 41.8 Å². The second-order valence-corrected chi connectivity index (χ2v) is 9.23. The molecular weight excluding hydrogens is 435 g/mol. The van der Waals surface area contributed by atoms with Crippen molar-refractivity contribution in [3.63, 3.8) is 0 Å². The summed E-state index contributed by atoms with van der Waals surface area (Å²) in [6.45, 7) is 1.62. The Hall–Kier alpha value is -2.91. The third-order valence-corrected chi connectivity index (χ3v) is 7.30. The van der Waals surface area contributed by atoms with Crippen LogP contribution >= 0.6 is 11.6 Å². The molecule has 166 valence electrons. The van der Waals surface area contributed by atoms with Crippen LogP contribution in [0, 0.1) is 11.7 Å². The van der Waals surface area contributed by atoms with Gasteiger partial charge in [-0.1, -0.05) is 11.6 Å². The lowest BCUT2D eigenvalue weighted by Crippen LogP contribution is -2.34. The minimum Gasteiger partial charge on any atom is -0.391 e. The van der Waals surface area contributed by atoms with E-state index < -0.39 is 6.10 Å². The molecule has 2 N–H and O–H groups in total. The van der Waals surface area contributed by atoms with Gasteiger partial charge in [-0.25, -0.2) is 18.7 Å². The molecule has 8 nitrogen and oxygen atoms in total. The van der Waals surface area contributed by atoms with Crippen molar-refractivity contribution in [3.8, 4) is 0 Å². The van der Waals surface area contributed by atoms with Crippen LogP contribution in [-0.4, -0.2) is 56.4 Å². The van der Waals surface area contributed by atoms with Gasteiger partial charge in [0.2, 0.25) is 0 Å². The predicted molar refractivity (Wildman–Crippen MR) is 117 cm³/mol. The summed E-state index contributed by atoms with van der Waals surface area (Å²) >= 11 is 6.48. The van der Waals surface area contributed by atoms with Crippen molar-refractivity contribution < 1.29 is 14.3 Å². The molecule has 4 heterocycles. The van der Waals surface area contributed by atoms with Crippen LogP contribution < -0.4 is 10.2 Å². The Balaban J connectivity index is 1.33. The number of hydrogen-bond donors (Lipinski definition) is 2. The lowest BCUT2D eigenvalue weighted by atomic mass is 10.0. The summed E-state index contributed by atoms with van der Waals surface area (Å²) in [5.74, 6) is 0.850. The zero-order valence-corrected chi connectivity index (χ0v) is 18.0. The summed E-state index contributed by atoms with van der Waals surface area (Å²) in [5, 5.41) is 17.4. The standard InChI is InChI=1S/C22H22ClFN6O2/c23-17-2-1-14(24)9-16(17)22-10-13(22)3-7-29(22)19-5-8-30-20(27-19)18(11-25-30)26-21(32)28-6-4-15(31)12-28/h1-2,5,8-9,11,13,15,31H,3-4,6-7,10,12H2,(H,26,32)/t13-,15?,22+/m0/s1. The number of halogens is 2. The molecule has 0 spiro atoms. The maximum atomic E-state index is 14.0. The quantitative estimate of drug-likeness (QED) is 0.632. The molecular formula is C22H22ClFN6O2. The number of fused-ring (bicyclic) bond motifs is 2. The lowest BCUT2D eigenvalue weighted by Gasteiger charge is -2.30. The summed E-state index contributed by atoms with van der Waals surface area (Å²) in [4.78, 5) is 21.2. The molecule has 32 heavy (non-hydrogen) atoms. The highest BCUT2D eigenvalue weighted by Crippen LogP contribution is 2.64. The number of β-amino-alcohol motifs (C(OH)–C–C–N with tert-alkyl or cyclic N) is 1. The minimum atomic E-state index is -0.484. The van der Waals surface area contributed by atoms with Gasteiger partial charge >= 0.3 is 6.03 Å². The summed E-state index contributed by atoms with van der Waals surface area (Å²) in [5.41, 5.74) is 1.49. The fourth-order valence-corrected chi connectivity index (χ4v) is 5.60. The molecule has 0 bridgehead atoms. The SMILES string of the molecule is O=C(Nc1cnn2ccc(N3CC[C@H]4C[C@]43c3cc(F)ccc3Cl)nc12)N1CCC(O)C1. The molecule has 1 unspecified atom stereocenters. The second-order valence-electron chi connectivity index (χ2n) is 8.82. The fourth-order valence-electron chi connectivity index (χ4n) is 5.31. The van der Waals surface area contributed by atoms with E-state index >= 15 is 0 Å². The van der Waals surface area contributed by atoms with E-state index in [1.807, 2.05) is 12.3 Å². The molecule has 3 fully saturated rings. The number of likely N-dealkylation sites (tertiary alicyclic amines) is 1. The lowest BCUT2D eigenvalue weighted by molar-refractivity contribution is 0.176. The minimum absolute atomic E-state index is 0.282. The topological polar surface area (TPSA) is 86.0 Å². The number of aliphatic hydroxyl groups excluding tert-OH is 1. The van der Waals surface area contributed by atoms with Gasteiger partial charge in [-0.05, 0) is 55.0 Å². The molecule has 2 saturated heterocycles. The molecule has 1 saturated carbocycles. The number of amides is 2. The van der Waals surface area contributed by atoms with Gasteiger partial charge in [0, 0.05) is 30.9 Å². The Bertz CT molecular complexity index is 1230. The monoisotopic (exact) mass is 456 g/mol. The Kier molecular flexibility index (Phi) is 4.35. The number of carbonyl (C=O) groups is 1. The first-order chi connectivity index (χ1) is 15.5. The van der Waals surface area contributed by atoms with Gasteiger partial charge in [-0.15, -0.1) is 0 Å². The molecule has 2 aromatic heterocycles. The van der Waals surface area contributed by atoms with E-state index in [-0.39, 0.29) is 17.4 Å². The number of carbonyl (C=O) groups excluding carboxylic acids is 1. The Morgan fingerprint density at radius 2 is 2.16 bits per heavy atom. The number of hydrogen-bond acceptors (Lipinski definition) is 5. The fraction of sp³-hybridized carbons (Fsp3) is 0.409. The van der Waals surface area contributed by atoms with Crippen molar-refractivity contribution in [2.24, 2.45) is 5.92 Å². The number of rotatable bonds is 3. The van der Waals surface area contributed by atoms with Gasteiger partial charge in [-0.3, -0.25) is 0 Å². The van der Waals surface area contributed by atoms with E-state index in [4.69, 9.17) is 16.6 Å². The number of aromatic nitrogens is 3. The van der Waals surface area contributed by atoms with Crippen LogP contribution in [0.1, 0.15) is 24.8 Å². The molecule has 3 atom stereocenters. The van der Waals surface area contributed by atoms with Crippen LogP contribution in [0.3, 0.4) is 0 Å². The molecule has 6 rings (SSSR count). The van der Waals surface area contributed by atoms with E-state index in [2.05, 4.69) is 15.3 Å². The van der Waals surface area contributed by atoms with Crippen LogP contribution in [0.5, 0.6) is 0 Å². The van der Waals surface area contributed by atoms with Gasteiger partial charge in [0.05, 0.1) is 17.8 Å². The molecule has 3 aliphatic rings. The van der Waals surface area contributed by atoms with Crippen molar-refractivity contribution in [3.05, 3.63) is 53.1 Å². The zero-order valence-electron chi connectivity index (χ0n) is 17.2. The number of urea groups is 1. The van der Waals surface area contributed by atoms with Crippen LogP contribution in [0.4, 0.5) is 20.7 Å². The highest BCUT2D eigenvalue weighted by atomic mass is 35.5. The maximum absolute atomic E-state index is 14.0. The normalized spacial score (nSPS) is 26.6. The van der Waals surface area contributed by atoms with E-state index in [0.717, 1.165) is 30.8 Å². The Labute approximate surface area is 188 Å². The largest absolute Gasteiger partial charge is 0.391 e. The molecule has 10 heteroatoms. The van der Waals surface area contributed by atoms with E-state index in [1.165, 1.54) is 12.1 Å². The Morgan fingerprint density at radius 1 is 1.28 bits per heavy atom. The van der Waals surface area contributed by atoms with Crippen LogP contribution in [0.25, 0.3) is 5.65 Å². The van der Waals surface area contributed by atoms with Gasteiger partial charge in [0.1, 0.15) is 17.3 Å². The van der Waals surface area contributed by atoms with Gasteiger partial charge < -0.3 is 20.2 Å². The molecule has 2 aliphatic heterocycles. The van der Waals surface area contributed by atoms with Gasteiger partial charge in [-0.2, -0.15) is 5.10 Å². The number of benzene rings is 1. The third kappa shape index (κ3) is 2.95. The van der Waals surface area contributed by atoms with Crippen molar-refractivity contribution in [1.82, 2.24) is 19.5 Å². The predicted octanol–water partition coefficient (Wildman–Crippen LogP) is 3.25. The van der Waals surface area contributed by atoms with Gasteiger partial charge in [0.15, 0.2) is 5.65 Å². The van der Waals surface area contributed by atoms with Crippen molar-refractivity contribution in [1.29, 1.82) is 0 Å². The first kappa shape index (κ1) is 19.8. The first-order valence-electron chi connectivity index (χ1n) is 10.8. The summed E-state index contributed by atoms with van der Waals surface area (Å²) in [6, 6.07) is 6.13. The van der Waals surface area contributed by atoms with Crippen molar-refractivity contribution in [2.75, 3.05) is 29.9 Å². The number of aliphatic hydroxyl groups is 1. The number of nitrogens with zero attached hydrogens (tertiary/aromatic N) is 5. The van der Waals surface area contributed by atoms with E-state index in [9.17, 15) is 14.3 Å². The smallest absolute Gasteiger partial charge is 0.322 e. The number of piperidine rings is 1. The van der Waals surface area contributed by atoms with Crippen molar-refractivity contribution >= 4 is 34.8 Å². The van der Waals surface area contributed by atoms with Crippen molar-refractivity contribution in [2.45, 2.75) is 30.9 Å². The molecule has 1 aliphatic carbocycles. The summed E-state index contributed by atoms with van der Waals surface area (Å²) in [6.07, 6.45) is 5.36. The number of nitrogens with one attached hydrogen (secondary N) is 1. The average Bonchev–Trinajstić information content (AvgIpc) is 3.10. The highest BCUT2D eigenvalue weighted by Gasteiger charge is 2.64. The average molecular weight is 457 g/mol. The molecule has 0 radical (unpaired) electrons. The number of anilines is 2. The van der Waals surface area contributed by atoms with Crippen LogP contribution in [0.15, 0.2) is 36.7 Å². The maximum Gasteiger partial charge on any atom is 0.322 e. The second kappa shape index (κ2) is 7.05. The molecule has 2 amide bonds. The van der Waals surface area contributed by atoms with E-state index in [1.54, 1.807) is 21.7 Å². The summed E-state index contributed by atoms with van der Waals surface area (Å²) in [7, 11) is 0. The molecule has 1 aromatic carbocycles. The van der Waals surface area contributed by atoms with Crippen LogP contribution in [0.2, 0.25) is 5.02 Å². The van der Waals surface area contributed by atoms with Gasteiger partial charge in [0.25, 0.3) is 0 Å². The Morgan fingerprint density at radius 3 is 2.94 bits per heavy atom. The summed E-state index contributed by atoms with van der Waals surface area (Å²) < 4.78 is 15.7. The highest BCUT2D eigenvalue weighted by molar-refractivity contribution is 6.31. The zero-order chi connectivity index (χ0) is 22.0.